The standard InChI is InChI=1S/C7H5F2N3O/c8-7(9)13-6-5(1-2-10)11-3-4-12-6/h3-4,7H,1H2. The van der Waals surface area contributed by atoms with Gasteiger partial charge in [-0.05, 0) is 0 Å². The molecule has 0 fully saturated rings. The minimum Gasteiger partial charge on any atom is -0.415 e. The molecule has 1 rings (SSSR count). The van der Waals surface area contributed by atoms with Crippen molar-refractivity contribution in [2.45, 2.75) is 13.0 Å². The van der Waals surface area contributed by atoms with Gasteiger partial charge in [0.25, 0.3) is 0 Å². The van der Waals surface area contributed by atoms with Crippen LogP contribution in [0.3, 0.4) is 0 Å². The molecule has 0 saturated heterocycles. The molecule has 0 N–H and O–H groups in total. The molecule has 13 heavy (non-hydrogen) atoms. The molecule has 0 radical (unpaired) electrons. The fraction of sp³-hybridized carbons (Fsp3) is 0.286. The summed E-state index contributed by atoms with van der Waals surface area (Å²) in [4.78, 5) is 7.20. The quantitative estimate of drug-likeness (QED) is 0.708. The minimum absolute atomic E-state index is 0.101. The first kappa shape index (κ1) is 9.32. The SMILES string of the molecule is N#CCc1nccnc1OC(F)F. The summed E-state index contributed by atoms with van der Waals surface area (Å²) >= 11 is 0. The number of nitriles is 1. The molecule has 1 aromatic rings. The van der Waals surface area contributed by atoms with Crippen molar-refractivity contribution < 1.29 is 13.5 Å². The predicted octanol–water partition coefficient (Wildman–Crippen LogP) is 1.14. The van der Waals surface area contributed by atoms with Gasteiger partial charge in [-0.25, -0.2) is 4.98 Å². The van der Waals surface area contributed by atoms with Gasteiger partial charge in [0.1, 0.15) is 5.69 Å². The van der Waals surface area contributed by atoms with Crippen LogP contribution in [-0.2, 0) is 6.42 Å². The third-order valence-electron chi connectivity index (χ3n) is 1.18. The van der Waals surface area contributed by atoms with Crippen molar-refractivity contribution in [2.24, 2.45) is 0 Å². The summed E-state index contributed by atoms with van der Waals surface area (Å²) in [6.07, 6.45) is 2.43. The first-order valence-electron chi connectivity index (χ1n) is 3.35. The lowest BCUT2D eigenvalue weighted by Gasteiger charge is -2.04. The van der Waals surface area contributed by atoms with Crippen molar-refractivity contribution in [3.05, 3.63) is 18.1 Å². The Bertz CT molecular complexity index is 324. The van der Waals surface area contributed by atoms with Gasteiger partial charge >= 0.3 is 6.61 Å². The molecule has 0 aliphatic rings. The highest BCUT2D eigenvalue weighted by molar-refractivity contribution is 5.20. The van der Waals surface area contributed by atoms with Crippen molar-refractivity contribution in [2.75, 3.05) is 0 Å². The molecule has 0 aliphatic heterocycles. The average Bonchev–Trinajstić information content (AvgIpc) is 2.08. The van der Waals surface area contributed by atoms with E-state index >= 15 is 0 Å². The summed E-state index contributed by atoms with van der Waals surface area (Å²) < 4.78 is 27.6. The van der Waals surface area contributed by atoms with Crippen LogP contribution in [0.5, 0.6) is 5.88 Å². The third-order valence-corrected chi connectivity index (χ3v) is 1.18. The molecular weight excluding hydrogens is 180 g/mol. The molecular formula is C7H5F2N3O. The molecule has 1 aromatic heterocycles. The van der Waals surface area contributed by atoms with Crippen LogP contribution in [0.4, 0.5) is 8.78 Å². The summed E-state index contributed by atoms with van der Waals surface area (Å²) in [5, 5.41) is 8.32. The molecule has 0 amide bonds. The number of nitrogens with zero attached hydrogens (tertiary/aromatic N) is 3. The molecule has 0 atom stereocenters. The summed E-state index contributed by atoms with van der Waals surface area (Å²) in [5.74, 6) is -0.293. The Labute approximate surface area is 72.8 Å². The van der Waals surface area contributed by atoms with Crippen LogP contribution in [0.25, 0.3) is 0 Å². The van der Waals surface area contributed by atoms with Gasteiger partial charge in [0.15, 0.2) is 0 Å². The molecule has 68 valence electrons. The molecule has 0 aromatic carbocycles. The highest BCUT2D eigenvalue weighted by Gasteiger charge is 2.10. The number of alkyl halides is 2. The van der Waals surface area contributed by atoms with Crippen molar-refractivity contribution in [1.29, 1.82) is 5.26 Å². The molecule has 4 nitrogen and oxygen atoms in total. The maximum atomic E-state index is 11.8. The number of hydrogen-bond acceptors (Lipinski definition) is 4. The second-order valence-electron chi connectivity index (χ2n) is 2.02. The minimum atomic E-state index is -2.95. The zero-order chi connectivity index (χ0) is 9.68. The predicted molar refractivity (Wildman–Crippen MR) is 38.0 cm³/mol. The lowest BCUT2D eigenvalue weighted by molar-refractivity contribution is -0.0537. The molecule has 1 heterocycles. The van der Waals surface area contributed by atoms with E-state index in [9.17, 15) is 8.78 Å². The second-order valence-corrected chi connectivity index (χ2v) is 2.02. The molecule has 0 unspecified atom stereocenters. The van der Waals surface area contributed by atoms with Crippen molar-refractivity contribution in [1.82, 2.24) is 9.97 Å². The van der Waals surface area contributed by atoms with Gasteiger partial charge in [-0.1, -0.05) is 0 Å². The summed E-state index contributed by atoms with van der Waals surface area (Å²) in [6, 6.07) is 1.77. The monoisotopic (exact) mass is 185 g/mol. The Morgan fingerprint density at radius 1 is 1.46 bits per heavy atom. The van der Waals surface area contributed by atoms with Crippen molar-refractivity contribution in [3.63, 3.8) is 0 Å². The van der Waals surface area contributed by atoms with Gasteiger partial charge in [0, 0.05) is 12.4 Å². The Kier molecular flexibility index (Phi) is 3.09. The first-order valence-corrected chi connectivity index (χ1v) is 3.35. The van der Waals surface area contributed by atoms with Crippen LogP contribution >= 0.6 is 0 Å². The van der Waals surface area contributed by atoms with E-state index in [0.717, 1.165) is 0 Å². The largest absolute Gasteiger partial charge is 0.415 e. The van der Waals surface area contributed by atoms with Crippen LogP contribution in [-0.4, -0.2) is 16.6 Å². The number of ether oxygens (including phenoxy) is 1. The fourth-order valence-electron chi connectivity index (χ4n) is 0.733. The highest BCUT2D eigenvalue weighted by atomic mass is 19.3. The Morgan fingerprint density at radius 3 is 2.77 bits per heavy atom. The van der Waals surface area contributed by atoms with E-state index in [4.69, 9.17) is 5.26 Å². The average molecular weight is 185 g/mol. The van der Waals surface area contributed by atoms with E-state index in [1.165, 1.54) is 12.4 Å². The van der Waals surface area contributed by atoms with Crippen LogP contribution in [0, 0.1) is 11.3 Å². The lowest BCUT2D eigenvalue weighted by Crippen LogP contribution is -2.07. The smallest absolute Gasteiger partial charge is 0.388 e. The van der Waals surface area contributed by atoms with Gasteiger partial charge in [-0.15, -0.1) is 0 Å². The van der Waals surface area contributed by atoms with Gasteiger partial charge in [0.2, 0.25) is 5.88 Å². The van der Waals surface area contributed by atoms with Crippen molar-refractivity contribution >= 4 is 0 Å². The van der Waals surface area contributed by atoms with Crippen molar-refractivity contribution in [3.8, 4) is 11.9 Å². The Morgan fingerprint density at radius 2 is 2.15 bits per heavy atom. The first-order chi connectivity index (χ1) is 6.24. The van der Waals surface area contributed by atoms with Crippen LogP contribution < -0.4 is 4.74 Å². The van der Waals surface area contributed by atoms with E-state index < -0.39 is 6.61 Å². The third kappa shape index (κ3) is 2.63. The molecule has 0 bridgehead atoms. The zero-order valence-corrected chi connectivity index (χ0v) is 6.44. The Hall–Kier alpha value is -1.77. The van der Waals surface area contributed by atoms with Crippen LogP contribution in [0.15, 0.2) is 12.4 Å². The maximum absolute atomic E-state index is 11.8. The van der Waals surface area contributed by atoms with Gasteiger partial charge < -0.3 is 4.74 Å². The number of halogens is 2. The van der Waals surface area contributed by atoms with E-state index in [-0.39, 0.29) is 18.0 Å². The van der Waals surface area contributed by atoms with Gasteiger partial charge in [0.05, 0.1) is 12.5 Å². The lowest BCUT2D eigenvalue weighted by atomic mass is 10.3. The zero-order valence-electron chi connectivity index (χ0n) is 6.44. The van der Waals surface area contributed by atoms with Gasteiger partial charge in [-0.2, -0.15) is 14.0 Å². The second kappa shape index (κ2) is 4.30. The topological polar surface area (TPSA) is 58.8 Å². The summed E-state index contributed by atoms with van der Waals surface area (Å²) in [5.41, 5.74) is 0.116. The Balaban J connectivity index is 2.85. The molecule has 0 saturated carbocycles. The van der Waals surface area contributed by atoms with Crippen LogP contribution in [0.1, 0.15) is 5.69 Å². The van der Waals surface area contributed by atoms with E-state index in [0.29, 0.717) is 0 Å². The number of rotatable bonds is 3. The number of hydrogen-bond donors (Lipinski definition) is 0. The number of aromatic nitrogens is 2. The summed E-state index contributed by atoms with van der Waals surface area (Å²) in [7, 11) is 0. The summed E-state index contributed by atoms with van der Waals surface area (Å²) in [6.45, 7) is -2.95. The van der Waals surface area contributed by atoms with E-state index in [2.05, 4.69) is 14.7 Å². The molecule has 6 heteroatoms. The fourth-order valence-corrected chi connectivity index (χ4v) is 0.733. The van der Waals surface area contributed by atoms with E-state index in [1.807, 2.05) is 0 Å². The van der Waals surface area contributed by atoms with Gasteiger partial charge in [-0.3, -0.25) is 4.98 Å². The molecule has 0 aliphatic carbocycles. The highest BCUT2D eigenvalue weighted by Crippen LogP contribution is 2.14. The van der Waals surface area contributed by atoms with Crippen LogP contribution in [0.2, 0.25) is 0 Å². The maximum Gasteiger partial charge on any atom is 0.388 e. The molecule has 0 spiro atoms. The van der Waals surface area contributed by atoms with E-state index in [1.54, 1.807) is 6.07 Å². The normalized spacial score (nSPS) is 9.69.